The van der Waals surface area contributed by atoms with Crippen molar-refractivity contribution in [3.05, 3.63) is 77.6 Å². The van der Waals surface area contributed by atoms with Crippen LogP contribution >= 0.6 is 0 Å². The molecule has 0 bridgehead atoms. The number of nitrogen functional groups attached to an aromatic ring is 1. The maximum absolute atomic E-state index is 13.2. The molecule has 0 aliphatic carbocycles. The molecule has 0 unspecified atom stereocenters. The number of nitrogens with one attached hydrogen (secondary N) is 2. The smallest absolute Gasteiger partial charge is 0.215 e. The largest absolute Gasteiger partial charge is 0.383 e. The van der Waals surface area contributed by atoms with Crippen LogP contribution in [0.3, 0.4) is 0 Å². The van der Waals surface area contributed by atoms with Gasteiger partial charge in [-0.05, 0) is 36.7 Å². The molecule has 3 aromatic rings. The number of aromatic nitrogens is 2. The Morgan fingerprint density at radius 3 is 2.83 bits per heavy atom. The van der Waals surface area contributed by atoms with Gasteiger partial charge in [0.05, 0.1) is 17.4 Å². The molecule has 1 aromatic carbocycles. The van der Waals surface area contributed by atoms with Gasteiger partial charge in [0.15, 0.2) is 0 Å². The molecule has 1 aliphatic rings. The fraction of sp³-hybridized carbons (Fsp3) is 0.261. The van der Waals surface area contributed by atoms with Gasteiger partial charge in [-0.15, -0.1) is 0 Å². The summed E-state index contributed by atoms with van der Waals surface area (Å²) in [5.41, 5.74) is 8.64. The predicted octanol–water partition coefficient (Wildman–Crippen LogP) is 2.70. The van der Waals surface area contributed by atoms with E-state index >= 15 is 0 Å². The van der Waals surface area contributed by atoms with Gasteiger partial charge in [-0.3, -0.25) is 4.79 Å². The second kappa shape index (κ2) is 9.37. The third-order valence-corrected chi connectivity index (χ3v) is 5.13. The minimum atomic E-state index is -0.224. The number of nitrogens with two attached hydrogens (primary N) is 1. The number of hydrogen-bond donors (Lipinski definition) is 3. The van der Waals surface area contributed by atoms with Crippen LogP contribution in [-0.4, -0.2) is 41.9 Å². The molecule has 4 rings (SSSR count). The average molecular weight is 403 g/mol. The summed E-state index contributed by atoms with van der Waals surface area (Å²) in [6, 6.07) is 17.3. The highest BCUT2D eigenvalue weighted by Gasteiger charge is 2.18. The van der Waals surface area contributed by atoms with Crippen LogP contribution in [0.25, 0.3) is 0 Å². The second-order valence-electron chi connectivity index (χ2n) is 7.30. The van der Waals surface area contributed by atoms with Gasteiger partial charge in [0.2, 0.25) is 5.78 Å². The van der Waals surface area contributed by atoms with E-state index in [1.165, 1.54) is 0 Å². The molecular formula is C23H26N6O. The summed E-state index contributed by atoms with van der Waals surface area (Å²) in [5.74, 6) is 0.795. The van der Waals surface area contributed by atoms with Gasteiger partial charge < -0.3 is 21.3 Å². The summed E-state index contributed by atoms with van der Waals surface area (Å²) in [4.78, 5) is 24.2. The van der Waals surface area contributed by atoms with Gasteiger partial charge >= 0.3 is 0 Å². The van der Waals surface area contributed by atoms with Gasteiger partial charge in [0.1, 0.15) is 17.3 Å². The Morgan fingerprint density at radius 1 is 1.10 bits per heavy atom. The summed E-state index contributed by atoms with van der Waals surface area (Å²) >= 11 is 0. The minimum Gasteiger partial charge on any atom is -0.383 e. The van der Waals surface area contributed by atoms with Crippen LogP contribution in [0, 0.1) is 0 Å². The molecule has 7 heteroatoms. The van der Waals surface area contributed by atoms with Crippen LogP contribution in [-0.2, 0) is 6.54 Å². The van der Waals surface area contributed by atoms with E-state index in [0.717, 1.165) is 49.7 Å². The Hall–Kier alpha value is -3.45. The number of benzene rings is 1. The lowest BCUT2D eigenvalue weighted by Gasteiger charge is -2.21. The zero-order valence-electron chi connectivity index (χ0n) is 16.8. The molecule has 0 radical (unpaired) electrons. The summed E-state index contributed by atoms with van der Waals surface area (Å²) in [6.45, 7) is 4.33. The molecule has 0 spiro atoms. The SMILES string of the molecule is Nc1ncc(NCc2ccccc2)cc1C(=O)c1cccc(N2CCCNCC2)n1. The third-order valence-electron chi connectivity index (χ3n) is 5.13. The number of pyridine rings is 2. The van der Waals surface area contributed by atoms with Gasteiger partial charge in [-0.1, -0.05) is 36.4 Å². The zero-order chi connectivity index (χ0) is 20.8. The third kappa shape index (κ3) is 4.75. The van der Waals surface area contributed by atoms with Crippen molar-refractivity contribution in [3.63, 3.8) is 0 Å². The van der Waals surface area contributed by atoms with Gasteiger partial charge in [-0.25, -0.2) is 9.97 Å². The lowest BCUT2D eigenvalue weighted by Crippen LogP contribution is -2.29. The van der Waals surface area contributed by atoms with Crippen molar-refractivity contribution in [2.24, 2.45) is 0 Å². The maximum Gasteiger partial charge on any atom is 0.215 e. The van der Waals surface area contributed by atoms with Crippen molar-refractivity contribution in [1.29, 1.82) is 0 Å². The first-order valence-electron chi connectivity index (χ1n) is 10.2. The average Bonchev–Trinajstić information content (AvgIpc) is 3.08. The number of rotatable bonds is 6. The molecular weight excluding hydrogens is 376 g/mol. The maximum atomic E-state index is 13.2. The topological polar surface area (TPSA) is 96.2 Å². The molecule has 0 atom stereocenters. The Morgan fingerprint density at radius 2 is 1.97 bits per heavy atom. The monoisotopic (exact) mass is 402 g/mol. The van der Waals surface area contributed by atoms with E-state index in [0.29, 0.717) is 17.8 Å². The van der Waals surface area contributed by atoms with Crippen LogP contribution in [0.2, 0.25) is 0 Å². The molecule has 1 fully saturated rings. The Balaban J connectivity index is 1.53. The highest BCUT2D eigenvalue weighted by atomic mass is 16.1. The van der Waals surface area contributed by atoms with Crippen LogP contribution in [0.1, 0.15) is 28.0 Å². The molecule has 3 heterocycles. The first kappa shape index (κ1) is 19.8. The minimum absolute atomic E-state index is 0.205. The quantitative estimate of drug-likeness (QED) is 0.546. The van der Waals surface area contributed by atoms with E-state index in [9.17, 15) is 4.79 Å². The van der Waals surface area contributed by atoms with Crippen molar-refractivity contribution < 1.29 is 4.79 Å². The Bertz CT molecular complexity index is 1000. The number of carbonyl (C=O) groups is 1. The predicted molar refractivity (Wildman–Crippen MR) is 120 cm³/mol. The van der Waals surface area contributed by atoms with Gasteiger partial charge in [0.25, 0.3) is 0 Å². The molecule has 1 saturated heterocycles. The number of nitrogens with zero attached hydrogens (tertiary/aromatic N) is 3. The van der Waals surface area contributed by atoms with E-state index in [1.807, 2.05) is 42.5 Å². The van der Waals surface area contributed by atoms with E-state index in [-0.39, 0.29) is 11.6 Å². The number of hydrogen-bond acceptors (Lipinski definition) is 7. The highest BCUT2D eigenvalue weighted by molar-refractivity contribution is 6.11. The van der Waals surface area contributed by atoms with E-state index in [1.54, 1.807) is 18.3 Å². The number of ketones is 1. The van der Waals surface area contributed by atoms with Crippen molar-refractivity contribution in [1.82, 2.24) is 15.3 Å². The molecule has 4 N–H and O–H groups in total. The number of anilines is 3. The summed E-state index contributed by atoms with van der Waals surface area (Å²) in [6.07, 6.45) is 2.69. The lowest BCUT2D eigenvalue weighted by atomic mass is 10.1. The fourth-order valence-corrected chi connectivity index (χ4v) is 3.49. The lowest BCUT2D eigenvalue weighted by molar-refractivity contribution is 0.103. The van der Waals surface area contributed by atoms with Crippen LogP contribution in [0.4, 0.5) is 17.3 Å². The Labute approximate surface area is 176 Å². The van der Waals surface area contributed by atoms with E-state index in [2.05, 4.69) is 25.5 Å². The first-order chi connectivity index (χ1) is 14.7. The highest BCUT2D eigenvalue weighted by Crippen LogP contribution is 2.21. The fourth-order valence-electron chi connectivity index (χ4n) is 3.49. The van der Waals surface area contributed by atoms with Crippen molar-refractivity contribution in [3.8, 4) is 0 Å². The van der Waals surface area contributed by atoms with Crippen molar-refractivity contribution >= 4 is 23.1 Å². The zero-order valence-corrected chi connectivity index (χ0v) is 16.8. The normalized spacial score (nSPS) is 14.2. The van der Waals surface area contributed by atoms with E-state index < -0.39 is 0 Å². The first-order valence-corrected chi connectivity index (χ1v) is 10.2. The summed E-state index contributed by atoms with van der Waals surface area (Å²) in [5, 5.41) is 6.68. The molecule has 1 aliphatic heterocycles. The number of carbonyl (C=O) groups excluding carboxylic acids is 1. The molecule has 30 heavy (non-hydrogen) atoms. The van der Waals surface area contributed by atoms with Crippen LogP contribution in [0.5, 0.6) is 0 Å². The van der Waals surface area contributed by atoms with Crippen molar-refractivity contribution in [2.45, 2.75) is 13.0 Å². The standard InChI is InChI=1S/C23H26N6O/c24-23-19(14-18(16-27-23)26-15-17-6-2-1-3-7-17)22(30)20-8-4-9-21(28-20)29-12-5-10-25-11-13-29/h1-4,6-9,14,16,25-26H,5,10-13,15H2,(H2,24,27). The second-order valence-corrected chi connectivity index (χ2v) is 7.30. The van der Waals surface area contributed by atoms with Gasteiger partial charge in [-0.2, -0.15) is 0 Å². The summed E-state index contributed by atoms with van der Waals surface area (Å²) < 4.78 is 0. The molecule has 154 valence electrons. The molecule has 0 amide bonds. The van der Waals surface area contributed by atoms with Crippen molar-refractivity contribution in [2.75, 3.05) is 42.1 Å². The van der Waals surface area contributed by atoms with Gasteiger partial charge in [0, 0.05) is 26.2 Å². The molecule has 2 aromatic heterocycles. The van der Waals surface area contributed by atoms with Crippen LogP contribution in [0.15, 0.2) is 60.8 Å². The molecule has 7 nitrogen and oxygen atoms in total. The molecule has 0 saturated carbocycles. The van der Waals surface area contributed by atoms with Crippen LogP contribution < -0.4 is 21.3 Å². The van der Waals surface area contributed by atoms with E-state index in [4.69, 9.17) is 5.73 Å². The summed E-state index contributed by atoms with van der Waals surface area (Å²) in [7, 11) is 0. The Kier molecular flexibility index (Phi) is 6.20.